The highest BCUT2D eigenvalue weighted by molar-refractivity contribution is 4.96. The fraction of sp³-hybridized carbons (Fsp3) is 1.00. The van der Waals surface area contributed by atoms with Crippen LogP contribution in [0, 0.1) is 0 Å². The summed E-state index contributed by atoms with van der Waals surface area (Å²) in [6.07, 6.45) is 8.38. The third kappa shape index (κ3) is 1.96. The molecule has 0 bridgehead atoms. The van der Waals surface area contributed by atoms with E-state index < -0.39 is 0 Å². The molecular weight excluding hydrogens is 174 g/mol. The van der Waals surface area contributed by atoms with Crippen LogP contribution >= 0.6 is 0 Å². The molecule has 0 radical (unpaired) electrons. The molecule has 0 atom stereocenters. The molecule has 0 amide bonds. The van der Waals surface area contributed by atoms with Gasteiger partial charge in [-0.2, -0.15) is 0 Å². The summed E-state index contributed by atoms with van der Waals surface area (Å²) in [5, 5.41) is 0. The Balaban J connectivity index is 1.94. The Morgan fingerprint density at radius 3 is 2.29 bits per heavy atom. The molecular formula is C12H23NO. The van der Waals surface area contributed by atoms with Crippen molar-refractivity contribution in [2.75, 3.05) is 26.3 Å². The van der Waals surface area contributed by atoms with Gasteiger partial charge in [-0.3, -0.25) is 4.90 Å². The van der Waals surface area contributed by atoms with Crippen LogP contribution in [0.15, 0.2) is 0 Å². The van der Waals surface area contributed by atoms with Crippen LogP contribution in [0.1, 0.15) is 45.4 Å². The largest absolute Gasteiger partial charge is 0.380 e. The normalized spacial score (nSPS) is 27.2. The van der Waals surface area contributed by atoms with Crippen molar-refractivity contribution >= 4 is 0 Å². The van der Waals surface area contributed by atoms with Crippen LogP contribution in [0.4, 0.5) is 0 Å². The molecule has 1 saturated carbocycles. The molecule has 2 heteroatoms. The maximum atomic E-state index is 5.69. The van der Waals surface area contributed by atoms with Crippen molar-refractivity contribution in [3.8, 4) is 0 Å². The molecule has 0 spiro atoms. The summed E-state index contributed by atoms with van der Waals surface area (Å²) in [6.45, 7) is 6.58. The molecule has 1 saturated heterocycles. The highest BCUT2D eigenvalue weighted by atomic mass is 16.5. The van der Waals surface area contributed by atoms with Crippen molar-refractivity contribution in [1.29, 1.82) is 0 Å². The quantitative estimate of drug-likeness (QED) is 0.686. The van der Waals surface area contributed by atoms with E-state index >= 15 is 0 Å². The Hall–Kier alpha value is -0.0800. The topological polar surface area (TPSA) is 12.5 Å². The molecule has 1 aliphatic heterocycles. The van der Waals surface area contributed by atoms with Gasteiger partial charge in [0.2, 0.25) is 0 Å². The summed E-state index contributed by atoms with van der Waals surface area (Å²) in [5.41, 5.74) is 0.437. The van der Waals surface area contributed by atoms with Gasteiger partial charge in [-0.15, -0.1) is 0 Å². The molecule has 2 fully saturated rings. The second kappa shape index (κ2) is 4.63. The van der Waals surface area contributed by atoms with Crippen molar-refractivity contribution in [3.63, 3.8) is 0 Å². The Bertz CT molecular complexity index is 171. The minimum Gasteiger partial charge on any atom is -0.380 e. The third-order valence-corrected chi connectivity index (χ3v) is 3.89. The molecule has 14 heavy (non-hydrogen) atoms. The summed E-state index contributed by atoms with van der Waals surface area (Å²) in [6, 6.07) is 0. The van der Waals surface area contributed by atoms with Gasteiger partial charge in [0.05, 0.1) is 6.61 Å². The van der Waals surface area contributed by atoms with Gasteiger partial charge in [0.15, 0.2) is 0 Å². The SMILES string of the molecule is CCOCC1(N2CCC2)CCCCC1. The lowest BCUT2D eigenvalue weighted by molar-refractivity contribution is -0.0571. The maximum absolute atomic E-state index is 5.69. The van der Waals surface area contributed by atoms with Crippen molar-refractivity contribution in [1.82, 2.24) is 4.90 Å². The first-order valence-corrected chi connectivity index (χ1v) is 6.20. The van der Waals surface area contributed by atoms with Gasteiger partial charge >= 0.3 is 0 Å². The average Bonchev–Trinajstić information content (AvgIpc) is 2.14. The van der Waals surface area contributed by atoms with Gasteiger partial charge in [0.1, 0.15) is 0 Å². The zero-order chi connectivity index (χ0) is 9.86. The van der Waals surface area contributed by atoms with Gasteiger partial charge < -0.3 is 4.74 Å². The summed E-state index contributed by atoms with van der Waals surface area (Å²) in [5.74, 6) is 0. The number of likely N-dealkylation sites (tertiary alicyclic amines) is 1. The molecule has 2 rings (SSSR count). The van der Waals surface area contributed by atoms with E-state index in [0.717, 1.165) is 13.2 Å². The highest BCUT2D eigenvalue weighted by Gasteiger charge is 2.40. The highest BCUT2D eigenvalue weighted by Crippen LogP contribution is 2.36. The van der Waals surface area contributed by atoms with E-state index in [2.05, 4.69) is 11.8 Å². The van der Waals surface area contributed by atoms with Gasteiger partial charge in [0.25, 0.3) is 0 Å². The number of ether oxygens (including phenoxy) is 1. The first-order chi connectivity index (χ1) is 6.87. The molecule has 82 valence electrons. The van der Waals surface area contributed by atoms with Gasteiger partial charge in [-0.25, -0.2) is 0 Å². The van der Waals surface area contributed by atoms with E-state index in [9.17, 15) is 0 Å². The molecule has 1 aliphatic carbocycles. The summed E-state index contributed by atoms with van der Waals surface area (Å²) in [7, 11) is 0. The Morgan fingerprint density at radius 2 is 1.79 bits per heavy atom. The summed E-state index contributed by atoms with van der Waals surface area (Å²) in [4.78, 5) is 2.67. The zero-order valence-corrected chi connectivity index (χ0v) is 9.43. The van der Waals surface area contributed by atoms with E-state index in [1.54, 1.807) is 0 Å². The molecule has 0 aromatic carbocycles. The standard InChI is InChI=1S/C12H23NO/c1-2-14-11-12(13-9-6-10-13)7-4-3-5-8-12/h2-11H2,1H3. The number of hydrogen-bond acceptors (Lipinski definition) is 2. The van der Waals surface area contributed by atoms with Crippen LogP contribution in [0.2, 0.25) is 0 Å². The van der Waals surface area contributed by atoms with Gasteiger partial charge in [-0.1, -0.05) is 19.3 Å². The second-order valence-corrected chi connectivity index (χ2v) is 4.76. The van der Waals surface area contributed by atoms with E-state index in [0.29, 0.717) is 5.54 Å². The molecule has 0 unspecified atom stereocenters. The smallest absolute Gasteiger partial charge is 0.0650 e. The van der Waals surface area contributed by atoms with Crippen LogP contribution in [-0.2, 0) is 4.74 Å². The van der Waals surface area contributed by atoms with Gasteiger partial charge in [-0.05, 0) is 39.3 Å². The van der Waals surface area contributed by atoms with E-state index in [4.69, 9.17) is 4.74 Å². The number of hydrogen-bond donors (Lipinski definition) is 0. The fourth-order valence-electron chi connectivity index (χ4n) is 2.84. The second-order valence-electron chi connectivity index (χ2n) is 4.76. The summed E-state index contributed by atoms with van der Waals surface area (Å²) >= 11 is 0. The first-order valence-electron chi connectivity index (χ1n) is 6.20. The van der Waals surface area contributed by atoms with Crippen LogP contribution in [0.5, 0.6) is 0 Å². The molecule has 0 N–H and O–H groups in total. The average molecular weight is 197 g/mol. The first kappa shape index (κ1) is 10.4. The van der Waals surface area contributed by atoms with E-state index in [1.165, 1.54) is 51.6 Å². The molecule has 0 aromatic heterocycles. The lowest BCUT2D eigenvalue weighted by Gasteiger charge is -2.50. The Kier molecular flexibility index (Phi) is 3.45. The van der Waals surface area contributed by atoms with E-state index in [-0.39, 0.29) is 0 Å². The summed E-state index contributed by atoms with van der Waals surface area (Å²) < 4.78 is 5.69. The number of nitrogens with zero attached hydrogens (tertiary/aromatic N) is 1. The fourth-order valence-corrected chi connectivity index (χ4v) is 2.84. The van der Waals surface area contributed by atoms with Crippen molar-refractivity contribution in [2.45, 2.75) is 51.0 Å². The maximum Gasteiger partial charge on any atom is 0.0650 e. The van der Waals surface area contributed by atoms with Crippen LogP contribution in [0.25, 0.3) is 0 Å². The minimum atomic E-state index is 0.437. The molecule has 0 aromatic rings. The van der Waals surface area contributed by atoms with Crippen LogP contribution in [0.3, 0.4) is 0 Å². The van der Waals surface area contributed by atoms with Crippen molar-refractivity contribution in [3.05, 3.63) is 0 Å². The molecule has 2 nitrogen and oxygen atoms in total. The monoisotopic (exact) mass is 197 g/mol. The lowest BCUT2D eigenvalue weighted by Crippen LogP contribution is -2.58. The Morgan fingerprint density at radius 1 is 1.07 bits per heavy atom. The minimum absolute atomic E-state index is 0.437. The van der Waals surface area contributed by atoms with Crippen LogP contribution in [-0.4, -0.2) is 36.7 Å². The molecule has 1 heterocycles. The number of rotatable bonds is 4. The van der Waals surface area contributed by atoms with Crippen molar-refractivity contribution in [2.24, 2.45) is 0 Å². The lowest BCUT2D eigenvalue weighted by atomic mass is 9.79. The third-order valence-electron chi connectivity index (χ3n) is 3.89. The van der Waals surface area contributed by atoms with E-state index in [1.807, 2.05) is 0 Å². The predicted molar refractivity (Wildman–Crippen MR) is 58.5 cm³/mol. The van der Waals surface area contributed by atoms with Gasteiger partial charge in [0, 0.05) is 12.1 Å². The molecule has 2 aliphatic rings. The zero-order valence-electron chi connectivity index (χ0n) is 9.43. The Labute approximate surface area is 87.6 Å². The van der Waals surface area contributed by atoms with Crippen LogP contribution < -0.4 is 0 Å². The van der Waals surface area contributed by atoms with Crippen molar-refractivity contribution < 1.29 is 4.74 Å². The predicted octanol–water partition coefficient (Wildman–Crippen LogP) is 2.43.